The van der Waals surface area contributed by atoms with E-state index in [0.717, 1.165) is 5.33 Å². The molecule has 1 aromatic carbocycles. The van der Waals surface area contributed by atoms with Gasteiger partial charge < -0.3 is 0 Å². The van der Waals surface area contributed by atoms with Crippen LogP contribution in [-0.4, -0.2) is 0 Å². The molecule has 0 saturated carbocycles. The first-order chi connectivity index (χ1) is 6.24. The molecule has 13 heavy (non-hydrogen) atoms. The van der Waals surface area contributed by atoms with Gasteiger partial charge in [0, 0.05) is 28.3 Å². The number of benzene rings is 1. The lowest BCUT2D eigenvalue weighted by molar-refractivity contribution is 1.55. The molecule has 0 aliphatic rings. The van der Waals surface area contributed by atoms with E-state index in [4.69, 9.17) is 0 Å². The fourth-order valence-electron chi connectivity index (χ4n) is 1.21. The molecule has 0 saturated heterocycles. The zero-order valence-electron chi connectivity index (χ0n) is 6.48. The van der Waals surface area contributed by atoms with Crippen LogP contribution in [0, 0.1) is 3.57 Å². The average Bonchev–Trinajstić information content (AvgIpc) is 2.44. The van der Waals surface area contributed by atoms with E-state index in [1.165, 1.54) is 23.0 Å². The summed E-state index contributed by atoms with van der Waals surface area (Å²) in [5.41, 5.74) is 0. The van der Waals surface area contributed by atoms with E-state index < -0.39 is 0 Å². The third-order valence-corrected chi connectivity index (χ3v) is 5.92. The summed E-state index contributed by atoms with van der Waals surface area (Å²) < 4.78 is 3.91. The maximum Gasteiger partial charge on any atom is 0.0412 e. The van der Waals surface area contributed by atoms with Crippen LogP contribution >= 0.6 is 65.8 Å². The molecule has 4 heteroatoms. The van der Waals surface area contributed by atoms with E-state index in [1.807, 2.05) is 11.3 Å². The normalized spacial score (nSPS) is 11.0. The summed E-state index contributed by atoms with van der Waals surface area (Å²) in [6.07, 6.45) is 0. The van der Waals surface area contributed by atoms with Crippen LogP contribution in [0.1, 0.15) is 4.88 Å². The van der Waals surface area contributed by atoms with Crippen LogP contribution in [0.25, 0.3) is 10.1 Å². The second-order valence-corrected chi connectivity index (χ2v) is 6.24. The summed E-state index contributed by atoms with van der Waals surface area (Å²) in [4.78, 5) is 1.36. The largest absolute Gasteiger partial charge is 0.138 e. The number of halogens is 3. The summed E-state index contributed by atoms with van der Waals surface area (Å²) >= 11 is 11.3. The molecule has 0 bridgehead atoms. The molecule has 0 aliphatic heterocycles. The Kier molecular flexibility index (Phi) is 3.33. The van der Waals surface area contributed by atoms with Gasteiger partial charge in [0.1, 0.15) is 0 Å². The quantitative estimate of drug-likeness (QED) is 0.432. The second-order valence-electron chi connectivity index (χ2n) is 2.59. The first-order valence-electron chi connectivity index (χ1n) is 3.65. The van der Waals surface area contributed by atoms with Crippen molar-refractivity contribution in [1.29, 1.82) is 0 Å². The molecule has 0 spiro atoms. The van der Waals surface area contributed by atoms with Crippen LogP contribution in [0.2, 0.25) is 0 Å². The third kappa shape index (κ3) is 1.82. The molecule has 2 rings (SSSR count). The zero-order valence-corrected chi connectivity index (χ0v) is 12.6. The SMILES string of the molecule is BrCc1sc2cccc(I)c2c1Br. The predicted molar refractivity (Wildman–Crippen MR) is 74.9 cm³/mol. The minimum atomic E-state index is 0.920. The highest BCUT2D eigenvalue weighted by Crippen LogP contribution is 2.38. The molecule has 0 aliphatic carbocycles. The van der Waals surface area contributed by atoms with Gasteiger partial charge in [-0.1, -0.05) is 22.0 Å². The lowest BCUT2D eigenvalue weighted by Gasteiger charge is -1.93. The van der Waals surface area contributed by atoms with Crippen molar-refractivity contribution in [1.82, 2.24) is 0 Å². The van der Waals surface area contributed by atoms with Crippen molar-refractivity contribution in [3.8, 4) is 0 Å². The van der Waals surface area contributed by atoms with E-state index in [9.17, 15) is 0 Å². The number of fused-ring (bicyclic) bond motifs is 1. The summed E-state index contributed by atoms with van der Waals surface area (Å²) in [5, 5.41) is 2.27. The van der Waals surface area contributed by atoms with Crippen molar-refractivity contribution in [2.24, 2.45) is 0 Å². The van der Waals surface area contributed by atoms with Crippen LogP contribution in [0.4, 0.5) is 0 Å². The minimum absolute atomic E-state index is 0.920. The van der Waals surface area contributed by atoms with Gasteiger partial charge in [-0.05, 0) is 50.7 Å². The zero-order chi connectivity index (χ0) is 9.42. The highest BCUT2D eigenvalue weighted by Gasteiger charge is 2.10. The van der Waals surface area contributed by atoms with E-state index in [-0.39, 0.29) is 0 Å². The van der Waals surface area contributed by atoms with Gasteiger partial charge in [-0.15, -0.1) is 11.3 Å². The molecular weight excluding hydrogens is 427 g/mol. The van der Waals surface area contributed by atoms with Crippen LogP contribution in [0.15, 0.2) is 22.7 Å². The Labute approximate surface area is 111 Å². The van der Waals surface area contributed by atoms with E-state index in [2.05, 4.69) is 72.6 Å². The Balaban J connectivity index is 2.85. The van der Waals surface area contributed by atoms with Gasteiger partial charge in [-0.2, -0.15) is 0 Å². The molecule has 0 N–H and O–H groups in total. The molecular formula is C9H5Br2IS. The summed E-state index contributed by atoms with van der Waals surface area (Å²) in [6, 6.07) is 6.41. The van der Waals surface area contributed by atoms with Crippen LogP contribution in [-0.2, 0) is 5.33 Å². The van der Waals surface area contributed by atoms with Crippen LogP contribution in [0.5, 0.6) is 0 Å². The Morgan fingerprint density at radius 1 is 1.38 bits per heavy atom. The number of hydrogen-bond acceptors (Lipinski definition) is 1. The molecule has 0 nitrogen and oxygen atoms in total. The van der Waals surface area contributed by atoms with Crippen molar-refractivity contribution in [2.45, 2.75) is 5.33 Å². The monoisotopic (exact) mass is 430 g/mol. The minimum Gasteiger partial charge on any atom is -0.138 e. The first kappa shape index (κ1) is 10.4. The van der Waals surface area contributed by atoms with Gasteiger partial charge >= 0.3 is 0 Å². The van der Waals surface area contributed by atoms with Crippen molar-refractivity contribution in [3.05, 3.63) is 31.1 Å². The Morgan fingerprint density at radius 2 is 2.15 bits per heavy atom. The van der Waals surface area contributed by atoms with E-state index >= 15 is 0 Å². The van der Waals surface area contributed by atoms with Gasteiger partial charge in [0.05, 0.1) is 0 Å². The van der Waals surface area contributed by atoms with Crippen LogP contribution in [0.3, 0.4) is 0 Å². The topological polar surface area (TPSA) is 0 Å². The van der Waals surface area contributed by atoms with Crippen molar-refractivity contribution in [3.63, 3.8) is 0 Å². The Morgan fingerprint density at radius 3 is 2.77 bits per heavy atom. The van der Waals surface area contributed by atoms with E-state index in [1.54, 1.807) is 0 Å². The standard InChI is InChI=1S/C9H5Br2IS/c10-4-7-9(11)8-5(12)2-1-3-6(8)13-7/h1-3H,4H2. The Bertz CT molecular complexity index is 450. The maximum absolute atomic E-state index is 3.64. The van der Waals surface area contributed by atoms with Gasteiger partial charge in [0.15, 0.2) is 0 Å². The summed E-state index contributed by atoms with van der Waals surface area (Å²) in [5.74, 6) is 0. The molecule has 0 radical (unpaired) electrons. The lowest BCUT2D eigenvalue weighted by atomic mass is 10.2. The van der Waals surface area contributed by atoms with Crippen LogP contribution < -0.4 is 0 Å². The van der Waals surface area contributed by atoms with Gasteiger partial charge in [0.25, 0.3) is 0 Å². The number of hydrogen-bond donors (Lipinski definition) is 0. The Hall–Kier alpha value is 0.870. The first-order valence-corrected chi connectivity index (χ1v) is 7.46. The molecule has 2 aromatic rings. The van der Waals surface area contributed by atoms with Gasteiger partial charge in [-0.25, -0.2) is 0 Å². The van der Waals surface area contributed by atoms with Crippen molar-refractivity contribution < 1.29 is 0 Å². The fraction of sp³-hybridized carbons (Fsp3) is 0.111. The number of thiophene rings is 1. The summed E-state index contributed by atoms with van der Waals surface area (Å²) in [7, 11) is 0. The molecule has 0 unspecified atom stereocenters. The van der Waals surface area contributed by atoms with Crippen molar-refractivity contribution in [2.75, 3.05) is 0 Å². The highest BCUT2D eigenvalue weighted by atomic mass is 127. The average molecular weight is 432 g/mol. The molecule has 68 valence electrons. The molecule has 0 amide bonds. The van der Waals surface area contributed by atoms with Crippen molar-refractivity contribution >= 4 is 75.9 Å². The lowest BCUT2D eigenvalue weighted by Crippen LogP contribution is -1.73. The number of rotatable bonds is 1. The highest BCUT2D eigenvalue weighted by molar-refractivity contribution is 14.1. The summed E-state index contributed by atoms with van der Waals surface area (Å²) in [6.45, 7) is 0. The fourth-order valence-corrected chi connectivity index (χ4v) is 5.44. The molecule has 1 heterocycles. The smallest absolute Gasteiger partial charge is 0.0412 e. The maximum atomic E-state index is 3.64. The predicted octanol–water partition coefficient (Wildman–Crippen LogP) is 5.16. The molecule has 0 atom stereocenters. The second kappa shape index (κ2) is 4.16. The molecule has 1 aromatic heterocycles. The third-order valence-electron chi connectivity index (χ3n) is 1.79. The number of alkyl halides is 1. The molecule has 0 fully saturated rings. The van der Waals surface area contributed by atoms with Gasteiger partial charge in [0.2, 0.25) is 0 Å². The van der Waals surface area contributed by atoms with Gasteiger partial charge in [-0.3, -0.25) is 0 Å². The van der Waals surface area contributed by atoms with E-state index in [0.29, 0.717) is 0 Å².